The van der Waals surface area contributed by atoms with Gasteiger partial charge in [0.2, 0.25) is 0 Å². The van der Waals surface area contributed by atoms with Crippen molar-refractivity contribution in [1.82, 2.24) is 0 Å². The van der Waals surface area contributed by atoms with Crippen molar-refractivity contribution in [2.24, 2.45) is 0 Å². The van der Waals surface area contributed by atoms with Gasteiger partial charge in [0.05, 0.1) is 11.2 Å². The van der Waals surface area contributed by atoms with Crippen molar-refractivity contribution in [3.63, 3.8) is 0 Å². The van der Waals surface area contributed by atoms with Gasteiger partial charge in [-0.05, 0) is 172 Å². The fraction of sp³-hybridized carbons (Fsp3) is 0.239. The normalized spacial score (nSPS) is 18.6. The average molecular weight is 1000 g/mol. The van der Waals surface area contributed by atoms with Crippen LogP contribution in [-0.4, -0.2) is 12.3 Å². The molecule has 374 valence electrons. The van der Waals surface area contributed by atoms with E-state index in [9.17, 15) is 0 Å². The van der Waals surface area contributed by atoms with Gasteiger partial charge in [-0.15, -0.1) is 11.3 Å². The summed E-state index contributed by atoms with van der Waals surface area (Å²) < 4.78 is 2.64. The predicted molar refractivity (Wildman–Crippen MR) is 329 cm³/mol. The lowest BCUT2D eigenvalue weighted by atomic mass is 9.33. The average Bonchev–Trinajstić information content (AvgIpc) is 3.89. The van der Waals surface area contributed by atoms with Gasteiger partial charge >= 0.3 is 0 Å². The van der Waals surface area contributed by atoms with E-state index in [1.165, 1.54) is 146 Å². The van der Waals surface area contributed by atoms with Gasteiger partial charge in [-0.2, -0.15) is 0 Å². The van der Waals surface area contributed by atoms with Crippen molar-refractivity contribution in [3.8, 4) is 22.3 Å². The number of hydrogen-bond acceptors (Lipinski definition) is 4. The Morgan fingerprint density at radius 1 is 0.461 bits per heavy atom. The summed E-state index contributed by atoms with van der Waals surface area (Å²) in [5.74, 6) is 0. The molecule has 1 aromatic heterocycles. The maximum absolute atomic E-state index is 2.78. The quantitative estimate of drug-likeness (QED) is 0.159. The number of aryl methyl sites for hydroxylation is 1. The highest BCUT2D eigenvalue weighted by Crippen LogP contribution is 2.62. The highest BCUT2D eigenvalue weighted by molar-refractivity contribution is 7.25. The molecule has 0 N–H and O–H groups in total. The van der Waals surface area contributed by atoms with Crippen LogP contribution in [0.2, 0.25) is 0 Å². The molecule has 4 heterocycles. The maximum Gasteiger partial charge on any atom is 0.252 e. The van der Waals surface area contributed by atoms with Gasteiger partial charge in [-0.25, -0.2) is 0 Å². The van der Waals surface area contributed by atoms with E-state index in [4.69, 9.17) is 0 Å². The van der Waals surface area contributed by atoms with Crippen molar-refractivity contribution < 1.29 is 0 Å². The number of benzene rings is 9. The first kappa shape index (κ1) is 47.1. The third-order valence-corrected chi connectivity index (χ3v) is 19.5. The van der Waals surface area contributed by atoms with E-state index in [0.717, 1.165) is 6.42 Å². The van der Waals surface area contributed by atoms with Crippen LogP contribution in [0.3, 0.4) is 0 Å². The molecular weight excluding hydrogens is 938 g/mol. The van der Waals surface area contributed by atoms with Gasteiger partial charge in [0.15, 0.2) is 0 Å². The zero-order valence-electron chi connectivity index (χ0n) is 45.6. The van der Waals surface area contributed by atoms with Crippen LogP contribution in [0.1, 0.15) is 103 Å². The molecule has 3 aliphatic heterocycles. The number of nitrogens with zero attached hydrogens (tertiary/aromatic N) is 3. The van der Waals surface area contributed by atoms with Crippen molar-refractivity contribution >= 4 is 100 Å². The Bertz CT molecular complexity index is 3990. The second-order valence-corrected chi connectivity index (χ2v) is 26.0. The summed E-state index contributed by atoms with van der Waals surface area (Å²) >= 11 is 1.89. The summed E-state index contributed by atoms with van der Waals surface area (Å²) in [4.78, 5) is 8.08. The minimum absolute atomic E-state index is 0.0132. The zero-order valence-corrected chi connectivity index (χ0v) is 46.4. The molecule has 0 amide bonds. The van der Waals surface area contributed by atoms with Gasteiger partial charge < -0.3 is 14.7 Å². The van der Waals surface area contributed by atoms with Crippen LogP contribution in [-0.2, 0) is 16.2 Å². The Hall–Kier alpha value is -7.34. The van der Waals surface area contributed by atoms with Crippen LogP contribution < -0.4 is 31.1 Å². The Kier molecular flexibility index (Phi) is 10.4. The number of rotatable bonds is 5. The largest absolute Gasteiger partial charge is 0.334 e. The molecule has 0 spiro atoms. The van der Waals surface area contributed by atoms with Crippen molar-refractivity contribution in [2.75, 3.05) is 14.7 Å². The molecule has 2 atom stereocenters. The number of anilines is 8. The Balaban J connectivity index is 1.05. The Morgan fingerprint density at radius 3 is 1.82 bits per heavy atom. The minimum atomic E-state index is -0.127. The molecule has 10 aromatic rings. The van der Waals surface area contributed by atoms with Gasteiger partial charge in [-0.3, -0.25) is 0 Å². The van der Waals surface area contributed by atoms with E-state index in [0.29, 0.717) is 0 Å². The van der Waals surface area contributed by atoms with E-state index in [2.05, 4.69) is 265 Å². The summed E-state index contributed by atoms with van der Waals surface area (Å²) in [6.45, 7) is 21.5. The Labute approximate surface area is 454 Å². The molecule has 1 aliphatic carbocycles. The molecule has 0 bridgehead atoms. The maximum atomic E-state index is 2.78. The second-order valence-electron chi connectivity index (χ2n) is 25.0. The highest BCUT2D eigenvalue weighted by Gasteiger charge is 2.58. The number of hydrogen-bond donors (Lipinski definition) is 0. The fourth-order valence-corrected chi connectivity index (χ4v) is 15.2. The molecule has 76 heavy (non-hydrogen) atoms. The molecular formula is C71H66BN3S. The molecule has 0 saturated heterocycles. The summed E-state index contributed by atoms with van der Waals surface area (Å²) in [6.07, 6.45) is 4.76. The SMILES string of the molecule is Cc1cc2c3c(c1)N(c1ccc(C(C)(C)C)cc1-c1ccccc1)c1cc(N4c5ccc(-c6ccccc6)cc5C5(C)CCCCC45C)ccc1B3c1ccc(C(C)(C)C)cc1N2c1ccc2sc3ccccc3c2c1. The third kappa shape index (κ3) is 7.00. The van der Waals surface area contributed by atoms with Crippen molar-refractivity contribution in [1.29, 1.82) is 0 Å². The minimum Gasteiger partial charge on any atom is -0.334 e. The first-order valence-electron chi connectivity index (χ1n) is 27.7. The lowest BCUT2D eigenvalue weighted by Gasteiger charge is -2.50. The van der Waals surface area contributed by atoms with E-state index in [1.54, 1.807) is 0 Å². The Morgan fingerprint density at radius 2 is 1.07 bits per heavy atom. The molecule has 0 radical (unpaired) electrons. The number of thiophene rings is 1. The lowest BCUT2D eigenvalue weighted by Crippen LogP contribution is -2.61. The second kappa shape index (κ2) is 16.8. The highest BCUT2D eigenvalue weighted by atomic mass is 32.1. The standard InChI is InChI=1S/C71H66BN3S/c1-45-38-63-67-64(39-45)74(59-34-28-49(68(2,3)4)41-54(59)47-22-14-11-15-23-47)62-44-52(75-60-33-26-48(46-20-12-10-13-21-46)40-56(60)70(8)36-18-19-37-71(70,75)9)29-32-58(62)72(67)57-31-27-50(69(5,6)7)42-61(57)73(63)51-30-35-66-55(43-51)53-24-16-17-25-65(53)76-66/h10-17,20-35,38-44H,18-19,36-37H2,1-9H3. The third-order valence-electron chi connectivity index (χ3n) is 18.3. The predicted octanol–water partition coefficient (Wildman–Crippen LogP) is 18.1. The van der Waals surface area contributed by atoms with Crippen molar-refractivity contribution in [2.45, 2.75) is 110 Å². The molecule has 5 heteroatoms. The molecule has 2 unspecified atom stereocenters. The van der Waals surface area contributed by atoms with Crippen LogP contribution in [0.25, 0.3) is 42.4 Å². The zero-order chi connectivity index (χ0) is 52.0. The van der Waals surface area contributed by atoms with Crippen LogP contribution in [0.5, 0.6) is 0 Å². The van der Waals surface area contributed by atoms with E-state index in [1.807, 2.05) is 11.3 Å². The van der Waals surface area contributed by atoms with Crippen LogP contribution in [0.15, 0.2) is 188 Å². The van der Waals surface area contributed by atoms with Gasteiger partial charge in [-0.1, -0.05) is 171 Å². The first-order valence-corrected chi connectivity index (χ1v) is 28.6. The van der Waals surface area contributed by atoms with Gasteiger partial charge in [0, 0.05) is 71.0 Å². The lowest BCUT2D eigenvalue weighted by molar-refractivity contribution is 0.195. The van der Waals surface area contributed by atoms with Crippen LogP contribution in [0, 0.1) is 6.92 Å². The van der Waals surface area contributed by atoms with Crippen molar-refractivity contribution in [3.05, 3.63) is 210 Å². The van der Waals surface area contributed by atoms with E-state index >= 15 is 0 Å². The molecule has 1 fully saturated rings. The monoisotopic (exact) mass is 1000 g/mol. The first-order chi connectivity index (χ1) is 36.6. The smallest absolute Gasteiger partial charge is 0.252 e. The molecule has 14 rings (SSSR count). The summed E-state index contributed by atoms with van der Waals surface area (Å²) in [6, 6.07) is 72.9. The molecule has 1 saturated carbocycles. The summed E-state index contributed by atoms with van der Waals surface area (Å²) in [5.41, 5.74) is 24.1. The summed E-state index contributed by atoms with van der Waals surface area (Å²) in [5, 5.41) is 2.63. The molecule has 9 aromatic carbocycles. The number of fused-ring (bicyclic) bond motifs is 10. The summed E-state index contributed by atoms with van der Waals surface area (Å²) in [7, 11) is 0. The fourth-order valence-electron chi connectivity index (χ4n) is 14.1. The van der Waals surface area contributed by atoms with E-state index < -0.39 is 0 Å². The van der Waals surface area contributed by atoms with Gasteiger partial charge in [0.1, 0.15) is 0 Å². The topological polar surface area (TPSA) is 9.72 Å². The molecule has 4 aliphatic rings. The van der Waals surface area contributed by atoms with E-state index in [-0.39, 0.29) is 28.5 Å². The van der Waals surface area contributed by atoms with Crippen LogP contribution in [0.4, 0.5) is 45.5 Å². The molecule has 3 nitrogen and oxygen atoms in total. The van der Waals surface area contributed by atoms with Gasteiger partial charge in [0.25, 0.3) is 6.71 Å². The van der Waals surface area contributed by atoms with Crippen LogP contribution >= 0.6 is 11.3 Å².